The van der Waals surface area contributed by atoms with Gasteiger partial charge in [0.15, 0.2) is 0 Å². The van der Waals surface area contributed by atoms with Crippen molar-refractivity contribution in [1.29, 1.82) is 0 Å². The summed E-state index contributed by atoms with van der Waals surface area (Å²) in [5.41, 5.74) is 0.442. The van der Waals surface area contributed by atoms with Crippen molar-refractivity contribution in [2.45, 2.75) is 49.3 Å². The van der Waals surface area contributed by atoms with Crippen LogP contribution in [0.3, 0.4) is 0 Å². The van der Waals surface area contributed by atoms with Gasteiger partial charge in [0.1, 0.15) is 6.04 Å². The molecule has 1 saturated heterocycles. The van der Waals surface area contributed by atoms with E-state index in [0.717, 1.165) is 12.8 Å². The maximum Gasteiger partial charge on any atom is 0.326 e. The van der Waals surface area contributed by atoms with Crippen LogP contribution in [0.1, 0.15) is 43.5 Å². The third-order valence-corrected chi connectivity index (χ3v) is 5.40. The summed E-state index contributed by atoms with van der Waals surface area (Å²) in [7, 11) is -1.09. The molecule has 1 amide bonds. The minimum atomic E-state index is -1.09. The van der Waals surface area contributed by atoms with E-state index in [1.165, 1.54) is 4.90 Å². The molecule has 120 valence electrons. The Hall–Kier alpha value is -1.69. The van der Waals surface area contributed by atoms with Crippen LogP contribution in [0, 0.1) is 0 Å². The lowest BCUT2D eigenvalue weighted by atomic mass is 10.0. The fraction of sp³-hybridized carbons (Fsp3) is 0.500. The number of amides is 1. The summed E-state index contributed by atoms with van der Waals surface area (Å²) in [6.45, 7) is 4.22. The molecule has 0 bridgehead atoms. The topological polar surface area (TPSA) is 74.7 Å². The zero-order valence-electron chi connectivity index (χ0n) is 12.8. The first kappa shape index (κ1) is 16.7. The van der Waals surface area contributed by atoms with Crippen molar-refractivity contribution in [3.8, 4) is 0 Å². The van der Waals surface area contributed by atoms with Crippen LogP contribution in [0.5, 0.6) is 0 Å². The molecular weight excluding hydrogens is 302 g/mol. The smallest absolute Gasteiger partial charge is 0.326 e. The lowest BCUT2D eigenvalue weighted by Gasteiger charge is -2.33. The first-order valence-corrected chi connectivity index (χ1v) is 8.67. The minimum absolute atomic E-state index is 0.0139. The molecule has 0 aliphatic carbocycles. The van der Waals surface area contributed by atoms with E-state index in [0.29, 0.717) is 23.4 Å². The number of carboxylic acids is 1. The van der Waals surface area contributed by atoms with Crippen LogP contribution < -0.4 is 0 Å². The summed E-state index contributed by atoms with van der Waals surface area (Å²) < 4.78 is 12.0. The van der Waals surface area contributed by atoms with Gasteiger partial charge in [0.25, 0.3) is 5.91 Å². The number of carbonyl (C=O) groups excluding carboxylic acids is 1. The number of benzene rings is 1. The highest BCUT2D eigenvalue weighted by atomic mass is 32.2. The molecule has 1 aliphatic rings. The summed E-state index contributed by atoms with van der Waals surface area (Å²) >= 11 is 0. The highest BCUT2D eigenvalue weighted by Gasteiger charge is 2.32. The average molecular weight is 323 g/mol. The molecule has 1 aromatic rings. The predicted molar refractivity (Wildman–Crippen MR) is 84.3 cm³/mol. The molecule has 2 rings (SSSR count). The van der Waals surface area contributed by atoms with Gasteiger partial charge in [0, 0.05) is 22.3 Å². The van der Waals surface area contributed by atoms with E-state index < -0.39 is 22.8 Å². The number of nitrogens with zero attached hydrogens (tertiary/aromatic N) is 1. The van der Waals surface area contributed by atoms with Gasteiger partial charge in [-0.25, -0.2) is 4.79 Å². The second kappa shape index (κ2) is 7.05. The van der Waals surface area contributed by atoms with Gasteiger partial charge in [-0.15, -0.1) is 0 Å². The fourth-order valence-corrected chi connectivity index (χ4v) is 3.55. The molecule has 0 spiro atoms. The highest BCUT2D eigenvalue weighted by molar-refractivity contribution is 7.85. The third kappa shape index (κ3) is 3.55. The number of carboxylic acid groups (broad SMARTS) is 1. The largest absolute Gasteiger partial charge is 0.480 e. The van der Waals surface area contributed by atoms with E-state index >= 15 is 0 Å². The first-order valence-electron chi connectivity index (χ1n) is 7.46. The van der Waals surface area contributed by atoms with Gasteiger partial charge in [-0.05, 0) is 43.5 Å². The van der Waals surface area contributed by atoms with Crippen LogP contribution in [-0.2, 0) is 15.6 Å². The molecule has 1 N–H and O–H groups in total. The van der Waals surface area contributed by atoms with Crippen LogP contribution in [0.15, 0.2) is 29.2 Å². The summed E-state index contributed by atoms with van der Waals surface area (Å²) in [5.74, 6) is -1.22. The van der Waals surface area contributed by atoms with E-state index in [4.69, 9.17) is 0 Å². The van der Waals surface area contributed by atoms with Crippen molar-refractivity contribution < 1.29 is 18.9 Å². The van der Waals surface area contributed by atoms with Crippen LogP contribution >= 0.6 is 0 Å². The van der Waals surface area contributed by atoms with Crippen LogP contribution in [0.4, 0.5) is 0 Å². The Bertz CT molecular complexity index is 582. The molecule has 22 heavy (non-hydrogen) atoms. The Kier molecular flexibility index (Phi) is 5.34. The molecule has 6 heteroatoms. The fourth-order valence-electron chi connectivity index (χ4n) is 2.60. The number of hydrogen-bond donors (Lipinski definition) is 1. The lowest BCUT2D eigenvalue weighted by molar-refractivity contribution is -0.143. The van der Waals surface area contributed by atoms with Gasteiger partial charge >= 0.3 is 5.97 Å². The van der Waals surface area contributed by atoms with Crippen molar-refractivity contribution in [2.75, 3.05) is 6.54 Å². The summed E-state index contributed by atoms with van der Waals surface area (Å²) in [6, 6.07) is 5.88. The second-order valence-corrected chi connectivity index (χ2v) is 7.73. The van der Waals surface area contributed by atoms with Gasteiger partial charge < -0.3 is 10.0 Å². The number of hydrogen-bond acceptors (Lipinski definition) is 3. The SMILES string of the molecule is CC(C)[S@@](=O)c1ccc(C(=O)N2CCCC[C@@H]2C(=O)O)cc1. The normalized spacial score (nSPS) is 20.0. The predicted octanol–water partition coefficient (Wildman–Crippen LogP) is 2.28. The molecule has 0 saturated carbocycles. The molecular formula is C16H21NO4S. The van der Waals surface area contributed by atoms with Gasteiger partial charge in [-0.1, -0.05) is 13.8 Å². The molecule has 1 heterocycles. The van der Waals surface area contributed by atoms with Crippen molar-refractivity contribution in [3.63, 3.8) is 0 Å². The van der Waals surface area contributed by atoms with Gasteiger partial charge in [0.05, 0.1) is 10.8 Å². The van der Waals surface area contributed by atoms with Crippen LogP contribution in [0.2, 0.25) is 0 Å². The summed E-state index contributed by atoms with van der Waals surface area (Å²) in [4.78, 5) is 25.9. The average Bonchev–Trinajstić information content (AvgIpc) is 2.53. The Balaban J connectivity index is 2.18. The highest BCUT2D eigenvalue weighted by Crippen LogP contribution is 2.21. The van der Waals surface area contributed by atoms with Gasteiger partial charge in [-0.2, -0.15) is 0 Å². The molecule has 1 aromatic carbocycles. The maximum atomic E-state index is 12.5. The number of aliphatic carboxylic acids is 1. The van der Waals surface area contributed by atoms with E-state index in [9.17, 15) is 18.9 Å². The number of piperidine rings is 1. The standard InChI is InChI=1S/C16H21NO4S/c1-11(2)22(21)13-8-6-12(7-9-13)15(18)17-10-4-3-5-14(17)16(19)20/h6-9,11,14H,3-5,10H2,1-2H3,(H,19,20)/t14-,22-/m1/s1. The van der Waals surface area contributed by atoms with Crippen LogP contribution in [-0.4, -0.2) is 43.9 Å². The maximum absolute atomic E-state index is 12.5. The minimum Gasteiger partial charge on any atom is -0.480 e. The Labute approximate surface area is 132 Å². The number of carbonyl (C=O) groups is 2. The Morgan fingerprint density at radius 2 is 1.86 bits per heavy atom. The molecule has 2 atom stereocenters. The first-order chi connectivity index (χ1) is 10.4. The Morgan fingerprint density at radius 1 is 1.23 bits per heavy atom. The zero-order chi connectivity index (χ0) is 16.3. The Morgan fingerprint density at radius 3 is 2.41 bits per heavy atom. The monoisotopic (exact) mass is 323 g/mol. The van der Waals surface area contributed by atoms with E-state index in [2.05, 4.69) is 0 Å². The molecule has 0 unspecified atom stereocenters. The summed E-state index contributed by atoms with van der Waals surface area (Å²) in [6.07, 6.45) is 2.15. The van der Waals surface area contributed by atoms with Crippen molar-refractivity contribution in [2.24, 2.45) is 0 Å². The molecule has 0 radical (unpaired) electrons. The van der Waals surface area contributed by atoms with E-state index in [1.807, 2.05) is 13.8 Å². The van der Waals surface area contributed by atoms with E-state index in [1.54, 1.807) is 24.3 Å². The zero-order valence-corrected chi connectivity index (χ0v) is 13.6. The van der Waals surface area contributed by atoms with E-state index in [-0.39, 0.29) is 11.2 Å². The van der Waals surface area contributed by atoms with Crippen molar-refractivity contribution in [1.82, 2.24) is 4.90 Å². The molecule has 1 aliphatic heterocycles. The number of likely N-dealkylation sites (tertiary alicyclic amines) is 1. The second-order valence-electron chi connectivity index (χ2n) is 5.72. The molecule has 5 nitrogen and oxygen atoms in total. The summed E-state index contributed by atoms with van der Waals surface area (Å²) in [5, 5.41) is 9.26. The van der Waals surface area contributed by atoms with Crippen molar-refractivity contribution in [3.05, 3.63) is 29.8 Å². The van der Waals surface area contributed by atoms with Crippen molar-refractivity contribution >= 4 is 22.7 Å². The molecule has 1 fully saturated rings. The molecule has 0 aromatic heterocycles. The van der Waals surface area contributed by atoms with Gasteiger partial charge in [-0.3, -0.25) is 9.00 Å². The van der Waals surface area contributed by atoms with Crippen LogP contribution in [0.25, 0.3) is 0 Å². The lowest BCUT2D eigenvalue weighted by Crippen LogP contribution is -2.47. The van der Waals surface area contributed by atoms with Gasteiger partial charge in [0.2, 0.25) is 0 Å². The number of rotatable bonds is 4. The third-order valence-electron chi connectivity index (χ3n) is 3.81. The quantitative estimate of drug-likeness (QED) is 0.922.